The van der Waals surface area contributed by atoms with Crippen LogP contribution in [0.1, 0.15) is 32.4 Å². The highest BCUT2D eigenvalue weighted by Gasteiger charge is 2.31. The third-order valence-corrected chi connectivity index (χ3v) is 4.83. The first-order valence-electron chi connectivity index (χ1n) is 10.8. The molecule has 0 saturated heterocycles. The van der Waals surface area contributed by atoms with Crippen LogP contribution in [0.15, 0.2) is 72.8 Å². The van der Waals surface area contributed by atoms with Crippen LogP contribution in [0.25, 0.3) is 10.8 Å². The fourth-order valence-electron chi connectivity index (χ4n) is 3.37. The Morgan fingerprint density at radius 2 is 1.62 bits per heavy atom. The van der Waals surface area contributed by atoms with Gasteiger partial charge in [0.15, 0.2) is 0 Å². The Hall–Kier alpha value is -4.31. The molecule has 34 heavy (non-hydrogen) atoms. The molecule has 1 unspecified atom stereocenters. The Morgan fingerprint density at radius 1 is 0.971 bits per heavy atom. The molecule has 7 heteroatoms. The maximum atomic E-state index is 13.4. The summed E-state index contributed by atoms with van der Waals surface area (Å²) in [6.07, 6.45) is 4.90. The van der Waals surface area contributed by atoms with Gasteiger partial charge >= 0.3 is 6.09 Å². The second kappa shape index (κ2) is 10.5. The first-order chi connectivity index (χ1) is 16.2. The lowest BCUT2D eigenvalue weighted by molar-refractivity contribution is -0.134. The number of hydrogen-bond acceptors (Lipinski definition) is 4. The lowest BCUT2D eigenvalue weighted by Gasteiger charge is -2.27. The molecule has 7 nitrogen and oxygen atoms in total. The van der Waals surface area contributed by atoms with Gasteiger partial charge in [-0.1, -0.05) is 67.1 Å². The van der Waals surface area contributed by atoms with Gasteiger partial charge in [0, 0.05) is 11.7 Å². The minimum atomic E-state index is -1.11. The minimum Gasteiger partial charge on any atom is -0.444 e. The molecule has 0 aromatic heterocycles. The SMILES string of the molecule is C#CN(C(=O)CNC(=O)OC(C)(C)C)C(C(=O)Nc1ccc2ccccc2c1)c1ccccc1. The highest BCUT2D eigenvalue weighted by molar-refractivity contribution is 6.00. The Kier molecular flexibility index (Phi) is 7.54. The fraction of sp³-hybridized carbons (Fsp3) is 0.222. The van der Waals surface area contributed by atoms with Gasteiger partial charge in [-0.05, 0) is 49.2 Å². The number of fused-ring (bicyclic) bond motifs is 1. The molecule has 0 saturated carbocycles. The number of carbonyl (C=O) groups excluding carboxylic acids is 3. The summed E-state index contributed by atoms with van der Waals surface area (Å²) in [5.74, 6) is -1.11. The van der Waals surface area contributed by atoms with E-state index in [0.717, 1.165) is 15.7 Å². The lowest BCUT2D eigenvalue weighted by atomic mass is 10.0. The summed E-state index contributed by atoms with van der Waals surface area (Å²) in [5.41, 5.74) is 0.385. The third kappa shape index (κ3) is 6.36. The molecular weight excluding hydrogens is 430 g/mol. The summed E-state index contributed by atoms with van der Waals surface area (Å²) in [6, 6.07) is 23.2. The molecule has 3 aromatic rings. The number of alkyl carbamates (subject to hydrolysis) is 1. The number of nitrogens with one attached hydrogen (secondary N) is 2. The van der Waals surface area contributed by atoms with E-state index in [-0.39, 0.29) is 0 Å². The number of ether oxygens (including phenoxy) is 1. The van der Waals surface area contributed by atoms with Crippen molar-refractivity contribution in [2.24, 2.45) is 0 Å². The Bertz CT molecular complexity index is 1230. The van der Waals surface area contributed by atoms with Crippen molar-refractivity contribution in [2.45, 2.75) is 32.4 Å². The van der Waals surface area contributed by atoms with Crippen molar-refractivity contribution in [1.82, 2.24) is 10.2 Å². The van der Waals surface area contributed by atoms with Crippen molar-refractivity contribution in [1.29, 1.82) is 0 Å². The second-order valence-corrected chi connectivity index (χ2v) is 8.61. The Balaban J connectivity index is 1.82. The van der Waals surface area contributed by atoms with E-state index in [4.69, 9.17) is 11.2 Å². The van der Waals surface area contributed by atoms with E-state index >= 15 is 0 Å². The number of benzene rings is 3. The van der Waals surface area contributed by atoms with Crippen molar-refractivity contribution in [3.05, 3.63) is 78.4 Å². The summed E-state index contributed by atoms with van der Waals surface area (Å²) in [6.45, 7) is 4.71. The summed E-state index contributed by atoms with van der Waals surface area (Å²) in [7, 11) is 0. The second-order valence-electron chi connectivity index (χ2n) is 8.61. The molecule has 2 N–H and O–H groups in total. The molecule has 0 fully saturated rings. The average Bonchev–Trinajstić information content (AvgIpc) is 2.80. The van der Waals surface area contributed by atoms with E-state index in [1.165, 1.54) is 0 Å². The van der Waals surface area contributed by atoms with Gasteiger partial charge in [0.2, 0.25) is 0 Å². The van der Waals surface area contributed by atoms with Crippen LogP contribution in [-0.2, 0) is 14.3 Å². The molecule has 0 spiro atoms. The predicted molar refractivity (Wildman–Crippen MR) is 132 cm³/mol. The van der Waals surface area contributed by atoms with E-state index in [1.54, 1.807) is 57.2 Å². The molecule has 3 amide bonds. The highest BCUT2D eigenvalue weighted by Crippen LogP contribution is 2.24. The van der Waals surface area contributed by atoms with Crippen LogP contribution >= 0.6 is 0 Å². The number of anilines is 1. The predicted octanol–water partition coefficient (Wildman–Crippen LogP) is 4.46. The number of rotatable bonds is 6. The molecular formula is C27H27N3O4. The van der Waals surface area contributed by atoms with Gasteiger partial charge in [0.25, 0.3) is 11.8 Å². The first kappa shape index (κ1) is 24.3. The first-order valence-corrected chi connectivity index (χ1v) is 10.8. The van der Waals surface area contributed by atoms with Crippen LogP contribution in [0.5, 0.6) is 0 Å². The average molecular weight is 458 g/mol. The summed E-state index contributed by atoms with van der Waals surface area (Å²) in [5, 5.41) is 7.24. The molecule has 0 aliphatic rings. The monoisotopic (exact) mass is 457 g/mol. The molecule has 0 aliphatic heterocycles. The standard InChI is InChI=1S/C27H27N3O4/c1-5-30(23(31)18-28-26(33)34-27(2,3)4)24(20-12-7-6-8-13-20)25(32)29-22-16-15-19-11-9-10-14-21(19)17-22/h1,6-17,24H,18H2,2-4H3,(H,28,33)(H,29,32). The number of carbonyl (C=O) groups is 3. The minimum absolute atomic E-state index is 0.425. The van der Waals surface area contributed by atoms with Crippen molar-refractivity contribution in [3.63, 3.8) is 0 Å². The van der Waals surface area contributed by atoms with E-state index < -0.39 is 36.1 Å². The van der Waals surface area contributed by atoms with Gasteiger partial charge in [0.05, 0.1) is 0 Å². The zero-order valence-electron chi connectivity index (χ0n) is 19.4. The van der Waals surface area contributed by atoms with Gasteiger partial charge in [-0.15, -0.1) is 0 Å². The summed E-state index contributed by atoms with van der Waals surface area (Å²) in [4.78, 5) is 39.2. The molecule has 1 atom stereocenters. The van der Waals surface area contributed by atoms with Crippen LogP contribution < -0.4 is 10.6 Å². The van der Waals surface area contributed by atoms with E-state index in [2.05, 4.69) is 16.7 Å². The Morgan fingerprint density at radius 3 is 2.26 bits per heavy atom. The quantitative estimate of drug-likeness (QED) is 0.423. The topological polar surface area (TPSA) is 87.7 Å². The Labute approximate surface area is 199 Å². The van der Waals surface area contributed by atoms with Crippen LogP contribution in [0.2, 0.25) is 0 Å². The molecule has 174 valence electrons. The maximum absolute atomic E-state index is 13.4. The zero-order chi connectivity index (χ0) is 24.7. The van der Waals surface area contributed by atoms with Gasteiger partial charge in [-0.25, -0.2) is 4.79 Å². The van der Waals surface area contributed by atoms with Gasteiger partial charge in [0.1, 0.15) is 18.2 Å². The van der Waals surface area contributed by atoms with Crippen LogP contribution in [0.4, 0.5) is 10.5 Å². The van der Waals surface area contributed by atoms with Crippen LogP contribution in [-0.4, -0.2) is 35.0 Å². The largest absolute Gasteiger partial charge is 0.444 e. The fourth-order valence-corrected chi connectivity index (χ4v) is 3.37. The number of hydrogen-bond donors (Lipinski definition) is 2. The number of terminal acetylenes is 1. The van der Waals surface area contributed by atoms with Gasteiger partial charge < -0.3 is 15.4 Å². The van der Waals surface area contributed by atoms with Crippen molar-refractivity contribution >= 4 is 34.4 Å². The van der Waals surface area contributed by atoms with Crippen molar-refractivity contribution in [3.8, 4) is 12.5 Å². The molecule has 0 heterocycles. The maximum Gasteiger partial charge on any atom is 0.408 e. The summed E-state index contributed by atoms with van der Waals surface area (Å²) < 4.78 is 5.16. The molecule has 0 aliphatic carbocycles. The van der Waals surface area contributed by atoms with Crippen LogP contribution in [0.3, 0.4) is 0 Å². The molecule has 3 aromatic carbocycles. The van der Waals surface area contributed by atoms with Crippen molar-refractivity contribution < 1.29 is 19.1 Å². The smallest absolute Gasteiger partial charge is 0.408 e. The number of amides is 3. The highest BCUT2D eigenvalue weighted by atomic mass is 16.6. The molecule has 0 radical (unpaired) electrons. The molecule has 3 rings (SSSR count). The van der Waals surface area contributed by atoms with Crippen LogP contribution in [0, 0.1) is 12.5 Å². The summed E-state index contributed by atoms with van der Waals surface area (Å²) >= 11 is 0. The van der Waals surface area contributed by atoms with E-state index in [1.807, 2.05) is 36.4 Å². The zero-order valence-corrected chi connectivity index (χ0v) is 19.4. The normalized spacial score (nSPS) is 11.7. The van der Waals surface area contributed by atoms with Crippen molar-refractivity contribution in [2.75, 3.05) is 11.9 Å². The lowest BCUT2D eigenvalue weighted by Crippen LogP contribution is -2.44. The number of nitrogens with zero attached hydrogens (tertiary/aromatic N) is 1. The molecule has 0 bridgehead atoms. The third-order valence-electron chi connectivity index (χ3n) is 4.83. The van der Waals surface area contributed by atoms with E-state index in [0.29, 0.717) is 11.3 Å². The van der Waals surface area contributed by atoms with E-state index in [9.17, 15) is 14.4 Å². The van der Waals surface area contributed by atoms with Gasteiger partial charge in [-0.3, -0.25) is 14.5 Å². The van der Waals surface area contributed by atoms with Gasteiger partial charge in [-0.2, -0.15) is 0 Å².